The van der Waals surface area contributed by atoms with Crippen molar-refractivity contribution < 1.29 is 28.4 Å². The topological polar surface area (TPSA) is 67.4 Å². The second-order valence-corrected chi connectivity index (χ2v) is 5.40. The molecule has 0 saturated heterocycles. The lowest BCUT2D eigenvalue weighted by Gasteiger charge is -2.26. The molecule has 0 amide bonds. The van der Waals surface area contributed by atoms with Crippen molar-refractivity contribution in [3.05, 3.63) is 30.3 Å². The van der Waals surface area contributed by atoms with Crippen LogP contribution in [0.25, 0.3) is 0 Å². The molecule has 0 aromatic heterocycles. The largest absolute Gasteiger partial charge is 0.459 e. The van der Waals surface area contributed by atoms with E-state index in [2.05, 4.69) is 5.32 Å². The van der Waals surface area contributed by atoms with E-state index in [0.717, 1.165) is 13.0 Å². The summed E-state index contributed by atoms with van der Waals surface area (Å²) in [5.74, 6) is 0.693. The summed E-state index contributed by atoms with van der Waals surface area (Å²) < 4.78 is 32.6. The SMILES string of the molecule is COCCNC(CCOC(Oc1ccccc1)C(OC)OC)COC. The highest BCUT2D eigenvalue weighted by molar-refractivity contribution is 5.21. The monoisotopic (exact) mass is 357 g/mol. The fraction of sp³-hybridized carbons (Fsp3) is 0.667. The highest BCUT2D eigenvalue weighted by atomic mass is 16.8. The second kappa shape index (κ2) is 14.0. The van der Waals surface area contributed by atoms with Crippen molar-refractivity contribution >= 4 is 0 Å². The van der Waals surface area contributed by atoms with Gasteiger partial charge in [-0.25, -0.2) is 0 Å². The number of ether oxygens (including phenoxy) is 6. The molecule has 0 aliphatic carbocycles. The van der Waals surface area contributed by atoms with E-state index < -0.39 is 12.6 Å². The molecule has 1 aromatic rings. The molecule has 144 valence electrons. The van der Waals surface area contributed by atoms with Gasteiger partial charge in [-0.05, 0) is 18.6 Å². The van der Waals surface area contributed by atoms with Crippen molar-refractivity contribution in [3.63, 3.8) is 0 Å². The molecule has 7 heteroatoms. The Kier molecular flexibility index (Phi) is 12.2. The number of nitrogens with one attached hydrogen (secondary N) is 1. The molecule has 7 nitrogen and oxygen atoms in total. The van der Waals surface area contributed by atoms with Crippen LogP contribution in [0.3, 0.4) is 0 Å². The Bertz CT molecular complexity index is 415. The maximum absolute atomic E-state index is 5.87. The third-order valence-electron chi connectivity index (χ3n) is 3.54. The quantitative estimate of drug-likeness (QED) is 0.378. The van der Waals surface area contributed by atoms with Crippen molar-refractivity contribution in [1.82, 2.24) is 5.32 Å². The van der Waals surface area contributed by atoms with Gasteiger partial charge < -0.3 is 33.7 Å². The molecular formula is C18H31NO6. The molecular weight excluding hydrogens is 326 g/mol. The number of para-hydroxylation sites is 1. The van der Waals surface area contributed by atoms with Crippen LogP contribution in [-0.4, -0.2) is 73.4 Å². The van der Waals surface area contributed by atoms with Gasteiger partial charge in [0.25, 0.3) is 6.29 Å². The van der Waals surface area contributed by atoms with Gasteiger partial charge in [0.2, 0.25) is 6.29 Å². The summed E-state index contributed by atoms with van der Waals surface area (Å²) in [6.45, 7) is 2.47. The standard InChI is InChI=1S/C18H31NO6/c1-20-13-11-19-15(14-21-2)10-12-24-18(17(22-3)23-4)25-16-8-6-5-7-9-16/h5-9,15,17-19H,10-14H2,1-4H3. The van der Waals surface area contributed by atoms with Crippen LogP contribution in [0.1, 0.15) is 6.42 Å². The molecule has 0 aliphatic heterocycles. The van der Waals surface area contributed by atoms with E-state index in [1.54, 1.807) is 28.4 Å². The van der Waals surface area contributed by atoms with E-state index in [0.29, 0.717) is 25.6 Å². The van der Waals surface area contributed by atoms with Crippen molar-refractivity contribution in [2.75, 3.05) is 54.8 Å². The lowest BCUT2D eigenvalue weighted by molar-refractivity contribution is -0.242. The maximum Gasteiger partial charge on any atom is 0.251 e. The van der Waals surface area contributed by atoms with Gasteiger partial charge in [0.15, 0.2) is 0 Å². The van der Waals surface area contributed by atoms with Gasteiger partial charge in [-0.1, -0.05) is 18.2 Å². The first-order valence-electron chi connectivity index (χ1n) is 8.35. The number of methoxy groups -OCH3 is 4. The minimum Gasteiger partial charge on any atom is -0.459 e. The molecule has 0 fully saturated rings. The second-order valence-electron chi connectivity index (χ2n) is 5.40. The zero-order chi connectivity index (χ0) is 18.3. The first-order valence-corrected chi connectivity index (χ1v) is 8.35. The van der Waals surface area contributed by atoms with Crippen molar-refractivity contribution in [2.45, 2.75) is 25.0 Å². The predicted molar refractivity (Wildman–Crippen MR) is 94.8 cm³/mol. The minimum atomic E-state index is -0.667. The third-order valence-corrected chi connectivity index (χ3v) is 3.54. The van der Waals surface area contributed by atoms with Crippen LogP contribution in [0.2, 0.25) is 0 Å². The lowest BCUT2D eigenvalue weighted by atomic mass is 10.2. The van der Waals surface area contributed by atoms with E-state index in [9.17, 15) is 0 Å². The molecule has 0 saturated carbocycles. The van der Waals surface area contributed by atoms with Crippen LogP contribution in [0.15, 0.2) is 30.3 Å². The molecule has 1 aromatic carbocycles. The first kappa shape index (κ1) is 21.8. The predicted octanol–water partition coefficient (Wildman–Crippen LogP) is 1.67. The van der Waals surface area contributed by atoms with Crippen LogP contribution in [0.4, 0.5) is 0 Å². The Balaban J connectivity index is 2.52. The molecule has 2 atom stereocenters. The van der Waals surface area contributed by atoms with Crippen molar-refractivity contribution in [3.8, 4) is 5.75 Å². The smallest absolute Gasteiger partial charge is 0.251 e. The van der Waals surface area contributed by atoms with Crippen molar-refractivity contribution in [2.24, 2.45) is 0 Å². The molecule has 2 unspecified atom stereocenters. The highest BCUT2D eigenvalue weighted by Crippen LogP contribution is 2.15. The average molecular weight is 357 g/mol. The Morgan fingerprint density at radius 3 is 2.20 bits per heavy atom. The first-order chi connectivity index (χ1) is 12.2. The lowest BCUT2D eigenvalue weighted by Crippen LogP contribution is -2.40. The zero-order valence-electron chi connectivity index (χ0n) is 15.6. The minimum absolute atomic E-state index is 0.168. The third kappa shape index (κ3) is 9.15. The summed E-state index contributed by atoms with van der Waals surface area (Å²) >= 11 is 0. The van der Waals surface area contributed by atoms with E-state index in [-0.39, 0.29) is 6.04 Å². The number of hydrogen-bond acceptors (Lipinski definition) is 7. The van der Waals surface area contributed by atoms with Crippen LogP contribution < -0.4 is 10.1 Å². The maximum atomic E-state index is 5.87. The van der Waals surface area contributed by atoms with Crippen LogP contribution in [-0.2, 0) is 23.7 Å². The van der Waals surface area contributed by atoms with Gasteiger partial charge in [0.05, 0.1) is 19.8 Å². The van der Waals surface area contributed by atoms with Gasteiger partial charge in [-0.2, -0.15) is 0 Å². The molecule has 1 rings (SSSR count). The summed E-state index contributed by atoms with van der Waals surface area (Å²) in [6.07, 6.45) is -0.533. The average Bonchev–Trinajstić information content (AvgIpc) is 2.63. The van der Waals surface area contributed by atoms with Gasteiger partial charge in [0.1, 0.15) is 5.75 Å². The summed E-state index contributed by atoms with van der Waals surface area (Å²) in [5.41, 5.74) is 0. The molecule has 0 spiro atoms. The van der Waals surface area contributed by atoms with Crippen molar-refractivity contribution in [1.29, 1.82) is 0 Å². The van der Waals surface area contributed by atoms with Gasteiger partial charge in [0, 0.05) is 41.0 Å². The van der Waals surface area contributed by atoms with Crippen LogP contribution >= 0.6 is 0 Å². The van der Waals surface area contributed by atoms with Crippen LogP contribution in [0, 0.1) is 0 Å². The molecule has 1 N–H and O–H groups in total. The Morgan fingerprint density at radius 2 is 1.60 bits per heavy atom. The van der Waals surface area contributed by atoms with E-state index in [1.165, 1.54) is 0 Å². The summed E-state index contributed by atoms with van der Waals surface area (Å²) in [6, 6.07) is 9.61. The van der Waals surface area contributed by atoms with E-state index >= 15 is 0 Å². The molecule has 0 heterocycles. The molecule has 25 heavy (non-hydrogen) atoms. The Hall–Kier alpha value is -1.22. The highest BCUT2D eigenvalue weighted by Gasteiger charge is 2.24. The fourth-order valence-electron chi connectivity index (χ4n) is 2.26. The van der Waals surface area contributed by atoms with E-state index in [1.807, 2.05) is 30.3 Å². The molecule has 0 bridgehead atoms. The molecule has 0 aliphatic rings. The van der Waals surface area contributed by atoms with Gasteiger partial charge >= 0.3 is 0 Å². The number of benzene rings is 1. The summed E-state index contributed by atoms with van der Waals surface area (Å²) in [4.78, 5) is 0. The van der Waals surface area contributed by atoms with Crippen LogP contribution in [0.5, 0.6) is 5.75 Å². The fourth-order valence-corrected chi connectivity index (χ4v) is 2.26. The Morgan fingerprint density at radius 1 is 0.880 bits per heavy atom. The van der Waals surface area contributed by atoms with Gasteiger partial charge in [-0.15, -0.1) is 0 Å². The zero-order valence-corrected chi connectivity index (χ0v) is 15.6. The molecule has 0 radical (unpaired) electrons. The summed E-state index contributed by atoms with van der Waals surface area (Å²) in [5, 5.41) is 3.37. The number of rotatable bonds is 15. The normalized spacial score (nSPS) is 13.8. The summed E-state index contributed by atoms with van der Waals surface area (Å²) in [7, 11) is 6.47. The van der Waals surface area contributed by atoms with Gasteiger partial charge in [-0.3, -0.25) is 0 Å². The van der Waals surface area contributed by atoms with E-state index in [4.69, 9.17) is 28.4 Å². The number of hydrogen-bond donors (Lipinski definition) is 1. The Labute approximate surface area is 150 Å².